The first-order valence-corrected chi connectivity index (χ1v) is 8.18. The Kier molecular flexibility index (Phi) is 4.90. The molecule has 0 saturated carbocycles. The van der Waals surface area contributed by atoms with E-state index in [1.165, 1.54) is 0 Å². The molecule has 3 rings (SSSR count). The number of morpholine rings is 1. The molecule has 2 atom stereocenters. The highest BCUT2D eigenvalue weighted by atomic mass is 16.5. The molecular weight excluding hydrogens is 320 g/mol. The van der Waals surface area contributed by atoms with Crippen molar-refractivity contribution in [2.24, 2.45) is 0 Å². The number of rotatable bonds is 4. The van der Waals surface area contributed by atoms with E-state index in [-0.39, 0.29) is 18.4 Å². The van der Waals surface area contributed by atoms with Crippen molar-refractivity contribution >= 4 is 11.8 Å². The average Bonchev–Trinajstić information content (AvgIpc) is 3.10. The van der Waals surface area contributed by atoms with Gasteiger partial charge in [-0.25, -0.2) is 0 Å². The topological polar surface area (TPSA) is 63.0 Å². The summed E-state index contributed by atoms with van der Waals surface area (Å²) in [7, 11) is 3.42. The molecule has 0 unspecified atom stereocenters. The molecule has 0 spiro atoms. The van der Waals surface area contributed by atoms with Gasteiger partial charge in [-0.05, 0) is 24.6 Å². The number of amides is 2. The van der Waals surface area contributed by atoms with E-state index in [2.05, 4.69) is 0 Å². The van der Waals surface area contributed by atoms with Crippen LogP contribution in [0.5, 0.6) is 0 Å². The second-order valence-corrected chi connectivity index (χ2v) is 6.37. The van der Waals surface area contributed by atoms with Crippen LogP contribution in [-0.2, 0) is 20.9 Å². The molecule has 2 heterocycles. The van der Waals surface area contributed by atoms with E-state index in [1.54, 1.807) is 36.2 Å². The average molecular weight is 342 g/mol. The molecule has 25 heavy (non-hydrogen) atoms. The molecule has 0 radical (unpaired) electrons. The van der Waals surface area contributed by atoms with Crippen molar-refractivity contribution in [2.75, 3.05) is 20.7 Å². The van der Waals surface area contributed by atoms with Gasteiger partial charge < -0.3 is 19.0 Å². The predicted molar refractivity (Wildman–Crippen MR) is 91.6 cm³/mol. The molecule has 132 valence electrons. The van der Waals surface area contributed by atoms with Gasteiger partial charge in [0.2, 0.25) is 5.91 Å². The van der Waals surface area contributed by atoms with Gasteiger partial charge in [0.15, 0.2) is 6.10 Å². The number of benzene rings is 1. The Morgan fingerprint density at radius 2 is 2.00 bits per heavy atom. The van der Waals surface area contributed by atoms with Crippen LogP contribution in [0, 0.1) is 6.92 Å². The zero-order chi connectivity index (χ0) is 18.0. The Morgan fingerprint density at radius 3 is 2.64 bits per heavy atom. The van der Waals surface area contributed by atoms with Gasteiger partial charge in [0.1, 0.15) is 12.4 Å². The third kappa shape index (κ3) is 3.58. The van der Waals surface area contributed by atoms with Gasteiger partial charge in [-0.2, -0.15) is 0 Å². The first kappa shape index (κ1) is 17.2. The molecule has 0 aliphatic carbocycles. The number of hydrogen-bond donors (Lipinski definition) is 0. The highest BCUT2D eigenvalue weighted by Gasteiger charge is 2.41. The van der Waals surface area contributed by atoms with Gasteiger partial charge in [-0.15, -0.1) is 0 Å². The molecule has 2 amide bonds. The van der Waals surface area contributed by atoms with Crippen LogP contribution in [0.1, 0.15) is 22.9 Å². The Bertz CT molecular complexity index is 739. The maximum Gasteiger partial charge on any atom is 0.254 e. The number of likely N-dealkylation sites (N-methyl/N-ethyl adjacent to an activating group) is 2. The van der Waals surface area contributed by atoms with Gasteiger partial charge >= 0.3 is 0 Å². The summed E-state index contributed by atoms with van der Waals surface area (Å²) in [6.07, 6.45) is 0.831. The zero-order valence-electron chi connectivity index (χ0n) is 14.6. The molecule has 1 aromatic carbocycles. The third-order valence-corrected chi connectivity index (χ3v) is 4.50. The van der Waals surface area contributed by atoms with Crippen molar-refractivity contribution in [1.29, 1.82) is 0 Å². The van der Waals surface area contributed by atoms with Crippen molar-refractivity contribution in [3.63, 3.8) is 0 Å². The van der Waals surface area contributed by atoms with Crippen molar-refractivity contribution in [3.8, 4) is 0 Å². The summed E-state index contributed by atoms with van der Waals surface area (Å²) in [6, 6.07) is 11.0. The fourth-order valence-corrected chi connectivity index (χ4v) is 3.01. The lowest BCUT2D eigenvalue weighted by molar-refractivity contribution is -0.167. The number of hydrogen-bond acceptors (Lipinski definition) is 4. The second-order valence-electron chi connectivity index (χ2n) is 6.37. The smallest absolute Gasteiger partial charge is 0.254 e. The Morgan fingerprint density at radius 1 is 1.28 bits per heavy atom. The molecule has 0 N–H and O–H groups in total. The van der Waals surface area contributed by atoms with Gasteiger partial charge in [0.05, 0.1) is 18.8 Å². The summed E-state index contributed by atoms with van der Waals surface area (Å²) in [5.74, 6) is 0.382. The first-order valence-electron chi connectivity index (χ1n) is 8.18. The fraction of sp³-hybridized carbons (Fsp3) is 0.368. The summed E-state index contributed by atoms with van der Waals surface area (Å²) in [4.78, 5) is 28.2. The fourth-order valence-electron chi connectivity index (χ4n) is 3.01. The molecular formula is C19H22N2O4. The zero-order valence-corrected chi connectivity index (χ0v) is 14.6. The van der Waals surface area contributed by atoms with Crippen molar-refractivity contribution in [1.82, 2.24) is 9.80 Å². The van der Waals surface area contributed by atoms with Crippen molar-refractivity contribution in [2.45, 2.75) is 25.6 Å². The Hall–Kier alpha value is -2.60. The normalized spacial score (nSPS) is 20.6. The van der Waals surface area contributed by atoms with Crippen LogP contribution in [0.3, 0.4) is 0 Å². The van der Waals surface area contributed by atoms with Gasteiger partial charge in [-0.3, -0.25) is 9.59 Å². The minimum Gasteiger partial charge on any atom is -0.467 e. The Balaban J connectivity index is 1.84. The highest BCUT2D eigenvalue weighted by molar-refractivity contribution is 5.86. The number of carbonyl (C=O) groups excluding carboxylic acids is 2. The molecule has 2 aromatic rings. The quantitative estimate of drug-likeness (QED) is 0.854. The first-order chi connectivity index (χ1) is 12.0. The molecule has 6 nitrogen and oxygen atoms in total. The van der Waals surface area contributed by atoms with Crippen LogP contribution in [0.25, 0.3) is 0 Å². The van der Waals surface area contributed by atoms with Crippen LogP contribution in [-0.4, -0.2) is 48.4 Å². The number of carbonyl (C=O) groups is 2. The van der Waals surface area contributed by atoms with E-state index in [9.17, 15) is 9.59 Å². The molecule has 1 fully saturated rings. The standard InChI is InChI=1S/C19H22N2O4/c1-13-6-8-14(9-7-13)17-18(25-12-16(22)21(17)3)19(23)20(2)11-15-5-4-10-24-15/h4-10,17-18H,11-12H2,1-3H3/t17-,18-/m1/s1. The van der Waals surface area contributed by atoms with E-state index < -0.39 is 12.1 Å². The summed E-state index contributed by atoms with van der Waals surface area (Å²) in [5, 5.41) is 0. The molecule has 1 saturated heterocycles. The lowest BCUT2D eigenvalue weighted by Crippen LogP contribution is -2.53. The van der Waals surface area contributed by atoms with Crippen LogP contribution in [0.2, 0.25) is 0 Å². The molecule has 0 bridgehead atoms. The van der Waals surface area contributed by atoms with Gasteiger partial charge in [-0.1, -0.05) is 29.8 Å². The van der Waals surface area contributed by atoms with E-state index in [0.29, 0.717) is 12.3 Å². The van der Waals surface area contributed by atoms with E-state index in [0.717, 1.165) is 11.1 Å². The summed E-state index contributed by atoms with van der Waals surface area (Å²) in [6.45, 7) is 2.25. The minimum absolute atomic E-state index is 0.0934. The number of ether oxygens (including phenoxy) is 1. The largest absolute Gasteiger partial charge is 0.467 e. The number of aryl methyl sites for hydroxylation is 1. The third-order valence-electron chi connectivity index (χ3n) is 4.50. The molecule has 1 aliphatic rings. The summed E-state index contributed by atoms with van der Waals surface area (Å²) >= 11 is 0. The van der Waals surface area contributed by atoms with Crippen molar-refractivity contribution in [3.05, 3.63) is 59.5 Å². The highest BCUT2D eigenvalue weighted by Crippen LogP contribution is 2.30. The Labute approximate surface area is 147 Å². The van der Waals surface area contributed by atoms with Gasteiger partial charge in [0, 0.05) is 14.1 Å². The summed E-state index contributed by atoms with van der Waals surface area (Å²) in [5.41, 5.74) is 2.00. The molecule has 6 heteroatoms. The molecule has 1 aromatic heterocycles. The van der Waals surface area contributed by atoms with Crippen LogP contribution < -0.4 is 0 Å². The van der Waals surface area contributed by atoms with E-state index in [1.807, 2.05) is 37.3 Å². The van der Waals surface area contributed by atoms with Gasteiger partial charge in [0.25, 0.3) is 5.91 Å². The van der Waals surface area contributed by atoms with Crippen LogP contribution in [0.4, 0.5) is 0 Å². The lowest BCUT2D eigenvalue weighted by Gasteiger charge is -2.39. The monoisotopic (exact) mass is 342 g/mol. The van der Waals surface area contributed by atoms with E-state index >= 15 is 0 Å². The maximum absolute atomic E-state index is 12.9. The van der Waals surface area contributed by atoms with Crippen LogP contribution >= 0.6 is 0 Å². The number of nitrogens with zero attached hydrogens (tertiary/aromatic N) is 2. The maximum atomic E-state index is 12.9. The lowest BCUT2D eigenvalue weighted by atomic mass is 9.96. The molecule has 1 aliphatic heterocycles. The van der Waals surface area contributed by atoms with E-state index in [4.69, 9.17) is 9.15 Å². The summed E-state index contributed by atoms with van der Waals surface area (Å²) < 4.78 is 11.0. The SMILES string of the molecule is Cc1ccc([C@@H]2[C@H](C(=O)N(C)Cc3ccco3)OCC(=O)N2C)cc1. The second kappa shape index (κ2) is 7.11. The number of furan rings is 1. The predicted octanol–water partition coefficient (Wildman–Crippen LogP) is 2.14. The minimum atomic E-state index is -0.745. The van der Waals surface area contributed by atoms with Crippen LogP contribution in [0.15, 0.2) is 47.1 Å². The van der Waals surface area contributed by atoms with Crippen molar-refractivity contribution < 1.29 is 18.7 Å².